The van der Waals surface area contributed by atoms with Gasteiger partial charge in [-0.3, -0.25) is 24.6 Å². The lowest BCUT2D eigenvalue weighted by atomic mass is 9.80. The fraction of sp³-hybridized carbons (Fsp3) is 0.375. The third-order valence-electron chi connectivity index (χ3n) is 4.59. The van der Waals surface area contributed by atoms with Crippen LogP contribution < -0.4 is 11.1 Å². The van der Waals surface area contributed by atoms with Gasteiger partial charge in [-0.05, 0) is 24.0 Å². The molecule has 0 bridgehead atoms. The number of nitrogens with zero attached hydrogens (tertiary/aromatic N) is 1. The molecule has 5 amide bonds. The van der Waals surface area contributed by atoms with Gasteiger partial charge in [0.2, 0.25) is 17.7 Å². The van der Waals surface area contributed by atoms with Gasteiger partial charge in [-0.25, -0.2) is 4.79 Å². The van der Waals surface area contributed by atoms with Gasteiger partial charge >= 0.3 is 6.03 Å². The van der Waals surface area contributed by atoms with E-state index >= 15 is 0 Å². The summed E-state index contributed by atoms with van der Waals surface area (Å²) in [5.41, 5.74) is 6.09. The molecule has 23 heavy (non-hydrogen) atoms. The van der Waals surface area contributed by atoms with Gasteiger partial charge in [0, 0.05) is 19.4 Å². The largest absolute Gasteiger partial charge is 0.351 e. The number of primary amides is 1. The highest BCUT2D eigenvalue weighted by molar-refractivity contribution is 6.10. The highest BCUT2D eigenvalue weighted by atomic mass is 16.2. The zero-order valence-electron chi connectivity index (χ0n) is 12.5. The number of nitrogens with one attached hydrogen (secondary N) is 1. The van der Waals surface area contributed by atoms with E-state index in [2.05, 4.69) is 0 Å². The Morgan fingerprint density at radius 3 is 2.74 bits per heavy atom. The van der Waals surface area contributed by atoms with E-state index in [-0.39, 0.29) is 31.2 Å². The van der Waals surface area contributed by atoms with E-state index in [1.807, 2.05) is 29.6 Å². The molecular weight excluding hydrogens is 298 g/mol. The molecule has 1 heterocycles. The highest BCUT2D eigenvalue weighted by Gasteiger charge is 2.55. The van der Waals surface area contributed by atoms with Crippen LogP contribution in [0.4, 0.5) is 4.79 Å². The fourth-order valence-corrected chi connectivity index (χ4v) is 3.53. The molecule has 1 atom stereocenters. The third kappa shape index (κ3) is 2.48. The van der Waals surface area contributed by atoms with Crippen molar-refractivity contribution in [2.45, 2.75) is 31.1 Å². The SMILES string of the molecule is NC(=O)NC(=O)CCN1C(=O)C[C@@]2(CCc3ccccc32)C1=O. The van der Waals surface area contributed by atoms with Crippen molar-refractivity contribution in [3.8, 4) is 0 Å². The summed E-state index contributed by atoms with van der Waals surface area (Å²) in [6, 6.07) is 6.72. The minimum absolute atomic E-state index is 0.0410. The number of aryl methyl sites for hydroxylation is 1. The van der Waals surface area contributed by atoms with Crippen LogP contribution in [0.1, 0.15) is 30.4 Å². The molecule has 7 heteroatoms. The molecule has 0 unspecified atom stereocenters. The van der Waals surface area contributed by atoms with Gasteiger partial charge < -0.3 is 5.73 Å². The Bertz CT molecular complexity index is 715. The molecule has 120 valence electrons. The second-order valence-electron chi connectivity index (χ2n) is 5.93. The lowest BCUT2D eigenvalue weighted by Crippen LogP contribution is -2.41. The van der Waals surface area contributed by atoms with Crippen LogP contribution in [-0.2, 0) is 26.2 Å². The smallest absolute Gasteiger partial charge is 0.318 e. The fourth-order valence-electron chi connectivity index (χ4n) is 3.53. The molecule has 7 nitrogen and oxygen atoms in total. The molecule has 1 fully saturated rings. The van der Waals surface area contributed by atoms with E-state index in [0.29, 0.717) is 6.42 Å². The molecule has 2 aliphatic rings. The molecule has 0 aromatic heterocycles. The maximum absolute atomic E-state index is 12.8. The number of hydrogen-bond acceptors (Lipinski definition) is 4. The van der Waals surface area contributed by atoms with Gasteiger partial charge in [-0.15, -0.1) is 0 Å². The predicted octanol–water partition coefficient (Wildman–Crippen LogP) is 0.215. The van der Waals surface area contributed by atoms with Gasteiger partial charge in [0.15, 0.2) is 0 Å². The van der Waals surface area contributed by atoms with Crippen molar-refractivity contribution in [2.75, 3.05) is 6.54 Å². The van der Waals surface area contributed by atoms with Gasteiger partial charge in [-0.2, -0.15) is 0 Å². The third-order valence-corrected chi connectivity index (χ3v) is 4.59. The number of rotatable bonds is 3. The summed E-state index contributed by atoms with van der Waals surface area (Å²) in [4.78, 5) is 48.3. The number of benzene rings is 1. The van der Waals surface area contributed by atoms with E-state index in [0.717, 1.165) is 22.4 Å². The number of carbonyl (C=O) groups excluding carboxylic acids is 4. The van der Waals surface area contributed by atoms with E-state index in [9.17, 15) is 19.2 Å². The Hall–Kier alpha value is -2.70. The van der Waals surface area contributed by atoms with E-state index < -0.39 is 17.4 Å². The maximum atomic E-state index is 12.8. The lowest BCUT2D eigenvalue weighted by molar-refractivity contribution is -0.140. The number of fused-ring (bicyclic) bond motifs is 2. The van der Waals surface area contributed by atoms with Crippen LogP contribution in [0.2, 0.25) is 0 Å². The molecule has 1 saturated heterocycles. The van der Waals surface area contributed by atoms with Crippen molar-refractivity contribution in [2.24, 2.45) is 5.73 Å². The Kier molecular flexibility index (Phi) is 3.63. The number of likely N-dealkylation sites (tertiary alicyclic amines) is 1. The van der Waals surface area contributed by atoms with Crippen molar-refractivity contribution in [1.29, 1.82) is 0 Å². The summed E-state index contributed by atoms with van der Waals surface area (Å²) in [5.74, 6) is -1.14. The van der Waals surface area contributed by atoms with Gasteiger partial charge in [0.05, 0.1) is 5.41 Å². The number of nitrogens with two attached hydrogens (primary N) is 1. The molecule has 1 aliphatic carbocycles. The van der Waals surface area contributed by atoms with Crippen LogP contribution in [0.3, 0.4) is 0 Å². The molecule has 1 aromatic carbocycles. The summed E-state index contributed by atoms with van der Waals surface area (Å²) >= 11 is 0. The second kappa shape index (κ2) is 5.49. The summed E-state index contributed by atoms with van der Waals surface area (Å²) in [5, 5.41) is 1.92. The Labute approximate surface area is 132 Å². The quantitative estimate of drug-likeness (QED) is 0.777. The maximum Gasteiger partial charge on any atom is 0.318 e. The molecule has 1 spiro atoms. The topological polar surface area (TPSA) is 110 Å². The van der Waals surface area contributed by atoms with Gasteiger partial charge in [0.25, 0.3) is 0 Å². The van der Waals surface area contributed by atoms with Crippen LogP contribution in [0, 0.1) is 0 Å². The molecule has 3 N–H and O–H groups in total. The number of urea groups is 1. The van der Waals surface area contributed by atoms with E-state index in [1.54, 1.807) is 0 Å². The first-order valence-electron chi connectivity index (χ1n) is 7.46. The average molecular weight is 315 g/mol. The van der Waals surface area contributed by atoms with Crippen LogP contribution >= 0.6 is 0 Å². The molecule has 0 radical (unpaired) electrons. The molecule has 0 saturated carbocycles. The Balaban J connectivity index is 1.77. The van der Waals surface area contributed by atoms with Crippen molar-refractivity contribution < 1.29 is 19.2 Å². The minimum Gasteiger partial charge on any atom is -0.351 e. The normalized spacial score (nSPS) is 22.5. The molecule has 1 aromatic rings. The molecule has 3 rings (SSSR count). The Morgan fingerprint density at radius 1 is 1.26 bits per heavy atom. The van der Waals surface area contributed by atoms with Crippen molar-refractivity contribution in [3.63, 3.8) is 0 Å². The molecular formula is C16H17N3O4. The van der Waals surface area contributed by atoms with E-state index in [1.165, 1.54) is 0 Å². The summed E-state index contributed by atoms with van der Waals surface area (Å²) in [6.07, 6.45) is 1.38. The lowest BCUT2D eigenvalue weighted by Gasteiger charge is -2.22. The summed E-state index contributed by atoms with van der Waals surface area (Å²) in [6.45, 7) is -0.0410. The number of carbonyl (C=O) groups is 4. The zero-order valence-corrected chi connectivity index (χ0v) is 12.5. The first-order chi connectivity index (χ1) is 10.9. The monoisotopic (exact) mass is 315 g/mol. The number of hydrogen-bond donors (Lipinski definition) is 2. The highest BCUT2D eigenvalue weighted by Crippen LogP contribution is 2.46. The van der Waals surface area contributed by atoms with Crippen molar-refractivity contribution in [3.05, 3.63) is 35.4 Å². The first-order valence-corrected chi connectivity index (χ1v) is 7.46. The van der Waals surface area contributed by atoms with Crippen LogP contribution in [0.25, 0.3) is 0 Å². The predicted molar refractivity (Wildman–Crippen MR) is 80.1 cm³/mol. The van der Waals surface area contributed by atoms with Gasteiger partial charge in [0.1, 0.15) is 0 Å². The van der Waals surface area contributed by atoms with Crippen LogP contribution in [-0.4, -0.2) is 35.2 Å². The number of imide groups is 2. The van der Waals surface area contributed by atoms with Crippen LogP contribution in [0.15, 0.2) is 24.3 Å². The Morgan fingerprint density at radius 2 is 2.00 bits per heavy atom. The summed E-state index contributed by atoms with van der Waals surface area (Å²) in [7, 11) is 0. The second-order valence-corrected chi connectivity index (χ2v) is 5.93. The van der Waals surface area contributed by atoms with Crippen LogP contribution in [0.5, 0.6) is 0 Å². The first kappa shape index (κ1) is 15.2. The van der Waals surface area contributed by atoms with E-state index in [4.69, 9.17) is 5.73 Å². The average Bonchev–Trinajstić information content (AvgIpc) is 2.97. The van der Waals surface area contributed by atoms with Crippen molar-refractivity contribution >= 4 is 23.8 Å². The zero-order chi connectivity index (χ0) is 16.6. The molecule has 1 aliphatic heterocycles. The minimum atomic E-state index is -0.949. The number of amides is 5. The van der Waals surface area contributed by atoms with Crippen molar-refractivity contribution in [1.82, 2.24) is 10.2 Å². The van der Waals surface area contributed by atoms with Gasteiger partial charge in [-0.1, -0.05) is 24.3 Å². The standard InChI is InChI=1S/C16H17N3O4/c17-15(23)18-12(20)6-8-19-13(21)9-16(14(19)22)7-5-10-3-1-2-4-11(10)16/h1-4H,5-9H2,(H3,17,18,20,23)/t16-/m1/s1. The summed E-state index contributed by atoms with van der Waals surface area (Å²) < 4.78 is 0.